The number of hydrogen-bond donors (Lipinski definition) is 1. The maximum atomic E-state index is 12.6. The SMILES string of the molecule is CCNc1ccc(C(=O)N2C(C)CCCC2C)cn1. The minimum Gasteiger partial charge on any atom is -0.370 e. The molecule has 2 unspecified atom stereocenters. The van der Waals surface area contributed by atoms with E-state index in [1.807, 2.05) is 24.0 Å². The van der Waals surface area contributed by atoms with Crippen molar-refractivity contribution in [1.82, 2.24) is 9.88 Å². The van der Waals surface area contributed by atoms with Crippen LogP contribution in [0.2, 0.25) is 0 Å². The monoisotopic (exact) mass is 261 g/mol. The first-order chi connectivity index (χ1) is 9.13. The number of amides is 1. The Labute approximate surface area is 115 Å². The van der Waals surface area contributed by atoms with Crippen LogP contribution in [0.25, 0.3) is 0 Å². The van der Waals surface area contributed by atoms with Crippen LogP contribution in [0.3, 0.4) is 0 Å². The summed E-state index contributed by atoms with van der Waals surface area (Å²) < 4.78 is 0. The topological polar surface area (TPSA) is 45.2 Å². The van der Waals surface area contributed by atoms with Gasteiger partial charge in [0.15, 0.2) is 0 Å². The fourth-order valence-electron chi connectivity index (χ4n) is 2.78. The average molecular weight is 261 g/mol. The minimum absolute atomic E-state index is 0.107. The number of aromatic nitrogens is 1. The Balaban J connectivity index is 2.13. The van der Waals surface area contributed by atoms with Crippen molar-refractivity contribution in [3.8, 4) is 0 Å². The minimum atomic E-state index is 0.107. The lowest BCUT2D eigenvalue weighted by molar-refractivity contribution is 0.0510. The molecular formula is C15H23N3O. The highest BCUT2D eigenvalue weighted by molar-refractivity contribution is 5.94. The average Bonchev–Trinajstić information content (AvgIpc) is 2.39. The lowest BCUT2D eigenvalue weighted by Crippen LogP contribution is -2.47. The van der Waals surface area contributed by atoms with E-state index < -0.39 is 0 Å². The smallest absolute Gasteiger partial charge is 0.255 e. The van der Waals surface area contributed by atoms with E-state index in [2.05, 4.69) is 24.1 Å². The third-order valence-corrected chi connectivity index (χ3v) is 3.80. The molecule has 1 saturated heterocycles. The van der Waals surface area contributed by atoms with Gasteiger partial charge in [0.1, 0.15) is 5.82 Å². The summed E-state index contributed by atoms with van der Waals surface area (Å²) in [6, 6.07) is 4.38. The van der Waals surface area contributed by atoms with Crippen molar-refractivity contribution in [1.29, 1.82) is 0 Å². The molecular weight excluding hydrogens is 238 g/mol. The third kappa shape index (κ3) is 3.06. The highest BCUT2D eigenvalue weighted by atomic mass is 16.2. The van der Waals surface area contributed by atoms with Crippen LogP contribution >= 0.6 is 0 Å². The summed E-state index contributed by atoms with van der Waals surface area (Å²) in [5, 5.41) is 3.13. The molecule has 1 aliphatic heterocycles. The molecule has 0 aromatic carbocycles. The van der Waals surface area contributed by atoms with Crippen molar-refractivity contribution < 1.29 is 4.79 Å². The highest BCUT2D eigenvalue weighted by Crippen LogP contribution is 2.24. The molecule has 2 heterocycles. The number of likely N-dealkylation sites (tertiary alicyclic amines) is 1. The predicted molar refractivity (Wildman–Crippen MR) is 77.3 cm³/mol. The van der Waals surface area contributed by atoms with Gasteiger partial charge in [0.05, 0.1) is 5.56 Å². The molecule has 0 spiro atoms. The molecule has 1 aromatic heterocycles. The Morgan fingerprint density at radius 1 is 1.37 bits per heavy atom. The molecule has 19 heavy (non-hydrogen) atoms. The van der Waals surface area contributed by atoms with E-state index in [-0.39, 0.29) is 5.91 Å². The van der Waals surface area contributed by atoms with E-state index in [0.717, 1.165) is 25.2 Å². The van der Waals surface area contributed by atoms with Crippen LogP contribution in [0, 0.1) is 0 Å². The normalized spacial score (nSPS) is 23.2. The van der Waals surface area contributed by atoms with Crippen LogP contribution in [-0.2, 0) is 0 Å². The molecule has 2 atom stereocenters. The van der Waals surface area contributed by atoms with Gasteiger partial charge in [0.25, 0.3) is 5.91 Å². The summed E-state index contributed by atoms with van der Waals surface area (Å²) in [5.74, 6) is 0.925. The van der Waals surface area contributed by atoms with E-state index in [0.29, 0.717) is 17.6 Å². The predicted octanol–water partition coefficient (Wildman–Crippen LogP) is 2.92. The van der Waals surface area contributed by atoms with E-state index >= 15 is 0 Å². The van der Waals surface area contributed by atoms with E-state index in [4.69, 9.17) is 0 Å². The molecule has 1 aliphatic rings. The van der Waals surface area contributed by atoms with Gasteiger partial charge >= 0.3 is 0 Å². The highest BCUT2D eigenvalue weighted by Gasteiger charge is 2.29. The Bertz CT molecular complexity index is 420. The van der Waals surface area contributed by atoms with Gasteiger partial charge in [-0.05, 0) is 52.2 Å². The lowest BCUT2D eigenvalue weighted by Gasteiger charge is -2.39. The number of hydrogen-bond acceptors (Lipinski definition) is 3. The van der Waals surface area contributed by atoms with Crippen LogP contribution < -0.4 is 5.32 Å². The summed E-state index contributed by atoms with van der Waals surface area (Å²) in [4.78, 5) is 18.8. The maximum absolute atomic E-state index is 12.6. The van der Waals surface area contributed by atoms with Crippen LogP contribution in [-0.4, -0.2) is 34.4 Å². The Hall–Kier alpha value is -1.58. The fourth-order valence-corrected chi connectivity index (χ4v) is 2.78. The van der Waals surface area contributed by atoms with Gasteiger partial charge in [-0.25, -0.2) is 4.98 Å². The number of nitrogens with one attached hydrogen (secondary N) is 1. The van der Waals surface area contributed by atoms with Gasteiger partial charge in [-0.3, -0.25) is 4.79 Å². The standard InChI is InChI=1S/C15H23N3O/c1-4-16-14-9-8-13(10-17-14)15(19)18-11(2)6-5-7-12(18)3/h8-12H,4-7H2,1-3H3,(H,16,17). The molecule has 1 amide bonds. The molecule has 2 rings (SSSR count). The number of piperidine rings is 1. The Morgan fingerprint density at radius 3 is 2.58 bits per heavy atom. The largest absolute Gasteiger partial charge is 0.370 e. The summed E-state index contributed by atoms with van der Waals surface area (Å²) in [6.07, 6.45) is 5.08. The third-order valence-electron chi connectivity index (χ3n) is 3.80. The zero-order valence-electron chi connectivity index (χ0n) is 12.0. The van der Waals surface area contributed by atoms with Gasteiger partial charge in [0.2, 0.25) is 0 Å². The number of carbonyl (C=O) groups excluding carboxylic acids is 1. The van der Waals surface area contributed by atoms with Crippen molar-refractivity contribution in [3.63, 3.8) is 0 Å². The number of rotatable bonds is 3. The van der Waals surface area contributed by atoms with E-state index in [9.17, 15) is 4.79 Å². The Morgan fingerprint density at radius 2 is 2.05 bits per heavy atom. The summed E-state index contributed by atoms with van der Waals surface area (Å²) in [6.45, 7) is 7.13. The lowest BCUT2D eigenvalue weighted by atomic mass is 9.96. The van der Waals surface area contributed by atoms with E-state index in [1.54, 1.807) is 6.20 Å². The maximum Gasteiger partial charge on any atom is 0.255 e. The molecule has 0 bridgehead atoms. The van der Waals surface area contributed by atoms with Gasteiger partial charge in [-0.2, -0.15) is 0 Å². The van der Waals surface area contributed by atoms with E-state index in [1.165, 1.54) is 6.42 Å². The second-order valence-electron chi connectivity index (χ2n) is 5.30. The molecule has 4 nitrogen and oxygen atoms in total. The quantitative estimate of drug-likeness (QED) is 0.910. The molecule has 4 heteroatoms. The zero-order valence-corrected chi connectivity index (χ0v) is 12.0. The molecule has 0 saturated carbocycles. The number of nitrogens with zero attached hydrogens (tertiary/aromatic N) is 2. The molecule has 0 aliphatic carbocycles. The number of pyridine rings is 1. The molecule has 1 N–H and O–H groups in total. The number of carbonyl (C=O) groups is 1. The van der Waals surface area contributed by atoms with Crippen LogP contribution in [0.1, 0.15) is 50.4 Å². The molecule has 1 fully saturated rings. The molecule has 1 aromatic rings. The van der Waals surface area contributed by atoms with Crippen molar-refractivity contribution in [2.75, 3.05) is 11.9 Å². The van der Waals surface area contributed by atoms with Crippen LogP contribution in [0.5, 0.6) is 0 Å². The van der Waals surface area contributed by atoms with Crippen molar-refractivity contribution in [3.05, 3.63) is 23.9 Å². The van der Waals surface area contributed by atoms with Gasteiger partial charge < -0.3 is 10.2 Å². The van der Waals surface area contributed by atoms with Gasteiger partial charge in [-0.15, -0.1) is 0 Å². The van der Waals surface area contributed by atoms with Gasteiger partial charge in [0, 0.05) is 24.8 Å². The first-order valence-electron chi connectivity index (χ1n) is 7.16. The molecule has 104 valence electrons. The van der Waals surface area contributed by atoms with Gasteiger partial charge in [-0.1, -0.05) is 0 Å². The fraction of sp³-hybridized carbons (Fsp3) is 0.600. The van der Waals surface area contributed by atoms with Crippen molar-refractivity contribution >= 4 is 11.7 Å². The first kappa shape index (κ1) is 13.8. The molecule has 0 radical (unpaired) electrons. The van der Waals surface area contributed by atoms with Crippen molar-refractivity contribution in [2.45, 2.75) is 52.1 Å². The number of anilines is 1. The van der Waals surface area contributed by atoms with Crippen molar-refractivity contribution in [2.24, 2.45) is 0 Å². The second-order valence-corrected chi connectivity index (χ2v) is 5.30. The second kappa shape index (κ2) is 6.04. The summed E-state index contributed by atoms with van der Waals surface area (Å²) >= 11 is 0. The van der Waals surface area contributed by atoms with Crippen LogP contribution in [0.4, 0.5) is 5.82 Å². The Kier molecular flexibility index (Phi) is 4.40. The van der Waals surface area contributed by atoms with Crippen LogP contribution in [0.15, 0.2) is 18.3 Å². The zero-order chi connectivity index (χ0) is 13.8. The first-order valence-corrected chi connectivity index (χ1v) is 7.16. The summed E-state index contributed by atoms with van der Waals surface area (Å²) in [7, 11) is 0. The summed E-state index contributed by atoms with van der Waals surface area (Å²) in [5.41, 5.74) is 0.683.